The number of para-hydroxylation sites is 1. The van der Waals surface area contributed by atoms with E-state index < -0.39 is 36.1 Å². The molecule has 4 N–H and O–H groups in total. The lowest BCUT2D eigenvalue weighted by atomic mass is 9.84. The Balaban J connectivity index is 1.14. The first-order chi connectivity index (χ1) is 24.9. The number of aryl methyl sites for hydroxylation is 1. The normalized spacial score (nSPS) is 16.3. The van der Waals surface area contributed by atoms with E-state index in [-0.39, 0.29) is 19.3 Å². The molecule has 0 saturated carbocycles. The molecule has 51 heavy (non-hydrogen) atoms. The number of carbonyl (C=O) groups is 3. The molecule has 1 saturated heterocycles. The Bertz CT molecular complexity index is 1860. The molecule has 3 amide bonds. The lowest BCUT2D eigenvalue weighted by molar-refractivity contribution is -0.118. The summed E-state index contributed by atoms with van der Waals surface area (Å²) in [5.41, 5.74) is 5.16. The number of carboxylic acid groups (broad SMARTS) is 1. The van der Waals surface area contributed by atoms with Gasteiger partial charge in [-0.3, -0.25) is 9.69 Å². The number of benzene rings is 4. The summed E-state index contributed by atoms with van der Waals surface area (Å²) < 4.78 is 11.1. The summed E-state index contributed by atoms with van der Waals surface area (Å²) in [6, 6.07) is 35.0. The Hall–Kier alpha value is -5.94. The monoisotopic (exact) mass is 687 g/mol. The lowest BCUT2D eigenvalue weighted by Gasteiger charge is -2.37. The van der Waals surface area contributed by atoms with Crippen molar-refractivity contribution in [2.75, 3.05) is 25.6 Å². The molecule has 262 valence electrons. The summed E-state index contributed by atoms with van der Waals surface area (Å²) in [5.74, 6) is -0.369. The van der Waals surface area contributed by atoms with Gasteiger partial charge in [-0.15, -0.1) is 0 Å². The van der Waals surface area contributed by atoms with Crippen molar-refractivity contribution >= 4 is 23.8 Å². The van der Waals surface area contributed by atoms with Gasteiger partial charge < -0.3 is 30.2 Å². The number of imidazole rings is 1. The van der Waals surface area contributed by atoms with Gasteiger partial charge in [0.2, 0.25) is 5.91 Å². The standard InChI is InChI=1S/C40H41N5O6/c1-50-39(47)44-36(35(29-16-7-3-8-17-29)30-18-9-4-10-19-30)38(46)43-33-20-12-11-15-28(33)21-22-32-25-45(40(48)49)34(26-51-32)37-41-24-31(42-37)23-27-13-5-2-6-14-27/h2-20,24,32,34-36H,21-23,25-26H2,1H3,(H,41,42)(H,43,46)(H,44,47)(H,48,49)/t32-,34+,36+/m1/s1. The largest absolute Gasteiger partial charge is 0.465 e. The summed E-state index contributed by atoms with van der Waals surface area (Å²) in [6.07, 6.45) is 1.29. The van der Waals surface area contributed by atoms with Gasteiger partial charge in [-0.1, -0.05) is 109 Å². The van der Waals surface area contributed by atoms with Crippen LogP contribution in [0.1, 0.15) is 52.2 Å². The van der Waals surface area contributed by atoms with Crippen molar-refractivity contribution in [1.82, 2.24) is 20.2 Å². The van der Waals surface area contributed by atoms with Crippen molar-refractivity contribution in [2.45, 2.75) is 43.4 Å². The molecule has 1 fully saturated rings. The van der Waals surface area contributed by atoms with E-state index in [4.69, 9.17) is 9.47 Å². The maximum absolute atomic E-state index is 14.1. The van der Waals surface area contributed by atoms with E-state index in [9.17, 15) is 19.5 Å². The van der Waals surface area contributed by atoms with Gasteiger partial charge in [-0.25, -0.2) is 14.6 Å². The van der Waals surface area contributed by atoms with E-state index >= 15 is 0 Å². The summed E-state index contributed by atoms with van der Waals surface area (Å²) in [7, 11) is 1.26. The number of H-pyrrole nitrogens is 1. The second kappa shape index (κ2) is 16.6. The summed E-state index contributed by atoms with van der Waals surface area (Å²) in [5, 5.41) is 16.0. The predicted octanol–water partition coefficient (Wildman–Crippen LogP) is 6.55. The average Bonchev–Trinajstić information content (AvgIpc) is 3.63. The Morgan fingerprint density at radius 3 is 2.20 bits per heavy atom. The quantitative estimate of drug-likeness (QED) is 0.116. The highest BCUT2D eigenvalue weighted by atomic mass is 16.5. The SMILES string of the molecule is COC(=O)N[C@H](C(=O)Nc1ccccc1CC[C@@H]1CN(C(=O)O)[C@H](c2ncc(Cc3ccccc3)[nH]2)CO1)C(c1ccccc1)c1ccccc1. The number of nitrogens with one attached hydrogen (secondary N) is 3. The molecule has 2 heterocycles. The maximum atomic E-state index is 14.1. The van der Waals surface area contributed by atoms with Crippen molar-refractivity contribution in [3.63, 3.8) is 0 Å². The summed E-state index contributed by atoms with van der Waals surface area (Å²) >= 11 is 0. The van der Waals surface area contributed by atoms with Gasteiger partial charge in [-0.2, -0.15) is 0 Å². The fraction of sp³-hybridized carbons (Fsp3) is 0.250. The van der Waals surface area contributed by atoms with Gasteiger partial charge in [0, 0.05) is 29.9 Å². The average molecular weight is 688 g/mol. The van der Waals surface area contributed by atoms with Crippen molar-refractivity contribution < 1.29 is 29.0 Å². The van der Waals surface area contributed by atoms with Gasteiger partial charge in [-0.05, 0) is 41.2 Å². The Kier molecular flexibility index (Phi) is 11.4. The number of anilines is 1. The van der Waals surface area contributed by atoms with Crippen LogP contribution in [0.4, 0.5) is 15.3 Å². The van der Waals surface area contributed by atoms with E-state index in [1.54, 1.807) is 6.20 Å². The number of rotatable bonds is 12. The number of hydrogen-bond acceptors (Lipinski definition) is 6. The van der Waals surface area contributed by atoms with Crippen LogP contribution in [0.15, 0.2) is 121 Å². The first-order valence-corrected chi connectivity index (χ1v) is 16.9. The van der Waals surface area contributed by atoms with Crippen LogP contribution >= 0.6 is 0 Å². The van der Waals surface area contributed by atoms with Gasteiger partial charge in [0.05, 0.1) is 26.4 Å². The number of nitrogens with zero attached hydrogens (tertiary/aromatic N) is 2. The number of hydrogen-bond donors (Lipinski definition) is 4. The fourth-order valence-electron chi connectivity index (χ4n) is 6.55. The van der Waals surface area contributed by atoms with E-state index in [1.807, 2.05) is 115 Å². The first kappa shape index (κ1) is 34.9. The number of aromatic nitrogens is 2. The minimum atomic E-state index is -1.04. The third kappa shape index (κ3) is 8.81. The van der Waals surface area contributed by atoms with Crippen LogP contribution in [0.5, 0.6) is 0 Å². The van der Waals surface area contributed by atoms with Gasteiger partial charge in [0.1, 0.15) is 17.9 Å². The second-order valence-corrected chi connectivity index (χ2v) is 12.5. The number of carbonyl (C=O) groups excluding carboxylic acids is 2. The van der Waals surface area contributed by atoms with E-state index in [0.717, 1.165) is 27.9 Å². The number of ether oxygens (including phenoxy) is 2. The Morgan fingerprint density at radius 2 is 1.55 bits per heavy atom. The van der Waals surface area contributed by atoms with Crippen LogP contribution < -0.4 is 10.6 Å². The molecule has 0 bridgehead atoms. The molecular formula is C40H41N5O6. The minimum absolute atomic E-state index is 0.162. The zero-order valence-corrected chi connectivity index (χ0v) is 28.3. The molecule has 4 aromatic carbocycles. The highest BCUT2D eigenvalue weighted by molar-refractivity contribution is 5.98. The van der Waals surface area contributed by atoms with E-state index in [2.05, 4.69) is 20.6 Å². The molecule has 1 aliphatic rings. The molecule has 1 aliphatic heterocycles. The topological polar surface area (TPSA) is 146 Å². The summed E-state index contributed by atoms with van der Waals surface area (Å²) in [4.78, 5) is 48.3. The van der Waals surface area contributed by atoms with Gasteiger partial charge in [0.15, 0.2) is 0 Å². The predicted molar refractivity (Wildman–Crippen MR) is 192 cm³/mol. The molecule has 3 atom stereocenters. The van der Waals surface area contributed by atoms with Crippen molar-refractivity contribution in [3.8, 4) is 0 Å². The van der Waals surface area contributed by atoms with Crippen molar-refractivity contribution in [2.24, 2.45) is 0 Å². The zero-order chi connectivity index (χ0) is 35.6. The number of amides is 3. The van der Waals surface area contributed by atoms with Gasteiger partial charge >= 0.3 is 12.2 Å². The molecular weight excluding hydrogens is 646 g/mol. The second-order valence-electron chi connectivity index (χ2n) is 12.5. The molecule has 1 aromatic heterocycles. The molecule has 11 nitrogen and oxygen atoms in total. The molecule has 0 unspecified atom stereocenters. The van der Waals surface area contributed by atoms with Crippen LogP contribution in [0.3, 0.4) is 0 Å². The Morgan fingerprint density at radius 1 is 0.922 bits per heavy atom. The smallest absolute Gasteiger partial charge is 0.408 e. The molecule has 0 aliphatic carbocycles. The zero-order valence-electron chi connectivity index (χ0n) is 28.3. The Labute approximate surface area is 296 Å². The maximum Gasteiger partial charge on any atom is 0.408 e. The number of methoxy groups -OCH3 is 1. The number of morpholine rings is 1. The van der Waals surface area contributed by atoms with Crippen molar-refractivity contribution in [1.29, 1.82) is 0 Å². The van der Waals surface area contributed by atoms with Crippen LogP contribution in [0, 0.1) is 0 Å². The summed E-state index contributed by atoms with van der Waals surface area (Å²) in [6.45, 7) is 0.332. The van der Waals surface area contributed by atoms with Crippen LogP contribution in [0.2, 0.25) is 0 Å². The van der Waals surface area contributed by atoms with Crippen LogP contribution in [-0.4, -0.2) is 70.5 Å². The number of alkyl carbamates (subject to hydrolysis) is 1. The van der Waals surface area contributed by atoms with E-state index in [1.165, 1.54) is 12.0 Å². The highest BCUT2D eigenvalue weighted by Gasteiger charge is 2.36. The lowest BCUT2D eigenvalue weighted by Crippen LogP contribution is -2.48. The fourth-order valence-corrected chi connectivity index (χ4v) is 6.55. The van der Waals surface area contributed by atoms with Gasteiger partial charge in [0.25, 0.3) is 0 Å². The molecule has 6 rings (SSSR count). The number of aromatic amines is 1. The highest BCUT2D eigenvalue weighted by Crippen LogP contribution is 2.31. The molecule has 0 spiro atoms. The van der Waals surface area contributed by atoms with Crippen LogP contribution in [-0.2, 0) is 27.1 Å². The molecule has 11 heteroatoms. The van der Waals surface area contributed by atoms with E-state index in [0.29, 0.717) is 30.8 Å². The molecule has 5 aromatic rings. The van der Waals surface area contributed by atoms with Crippen LogP contribution in [0.25, 0.3) is 0 Å². The minimum Gasteiger partial charge on any atom is -0.465 e. The van der Waals surface area contributed by atoms with Crippen molar-refractivity contribution in [3.05, 3.63) is 155 Å². The third-order valence-electron chi connectivity index (χ3n) is 9.12. The molecule has 0 radical (unpaired) electrons. The third-order valence-corrected chi connectivity index (χ3v) is 9.12. The first-order valence-electron chi connectivity index (χ1n) is 16.9.